The Balaban J connectivity index is 1.89. The number of hydrogen-bond acceptors (Lipinski definition) is 9. The molecule has 1 heterocycles. The molecule has 228 valence electrons. The van der Waals surface area contributed by atoms with E-state index in [1.165, 1.54) is 0 Å². The summed E-state index contributed by atoms with van der Waals surface area (Å²) in [6, 6.07) is 3.49. The third-order valence-corrected chi connectivity index (χ3v) is 6.00. The van der Waals surface area contributed by atoms with Gasteiger partial charge in [0.05, 0.1) is 26.1 Å². The Labute approximate surface area is 239 Å². The van der Waals surface area contributed by atoms with Crippen molar-refractivity contribution in [1.29, 1.82) is 0 Å². The van der Waals surface area contributed by atoms with Crippen molar-refractivity contribution < 1.29 is 43.5 Å². The zero-order valence-corrected chi connectivity index (χ0v) is 22.5. The van der Waals surface area contributed by atoms with Gasteiger partial charge in [0.15, 0.2) is 0 Å². The summed E-state index contributed by atoms with van der Waals surface area (Å²) in [5, 5.41) is 23.3. The molecule has 0 spiro atoms. The molecule has 1 fully saturated rings. The van der Waals surface area contributed by atoms with Crippen LogP contribution in [0, 0.1) is 0 Å². The second-order valence-electron chi connectivity index (χ2n) is 9.34. The summed E-state index contributed by atoms with van der Waals surface area (Å²) in [5.41, 5.74) is 11.3. The van der Waals surface area contributed by atoms with Gasteiger partial charge in [0, 0.05) is 12.8 Å². The van der Waals surface area contributed by atoms with Crippen molar-refractivity contribution in [3.63, 3.8) is 0 Å². The number of aliphatic hydroxyl groups excluding tert-OH is 1. The van der Waals surface area contributed by atoms with E-state index in [0.29, 0.717) is 12.0 Å². The first kappa shape index (κ1) is 33.1. The van der Waals surface area contributed by atoms with Gasteiger partial charge in [-0.3, -0.25) is 38.4 Å². The third-order valence-electron chi connectivity index (χ3n) is 6.00. The lowest BCUT2D eigenvalue weighted by Crippen LogP contribution is -2.58. The minimum absolute atomic E-state index is 0.0288. The van der Waals surface area contributed by atoms with Crippen LogP contribution in [0.3, 0.4) is 0 Å². The number of primary amides is 2. The van der Waals surface area contributed by atoms with Crippen molar-refractivity contribution in [2.45, 2.75) is 49.9 Å². The van der Waals surface area contributed by atoms with Gasteiger partial charge in [0.25, 0.3) is 0 Å². The molecule has 17 heteroatoms. The molecule has 0 aliphatic carbocycles. The number of nitrogens with two attached hydrogens (primary N) is 2. The number of hydrogen-bond donors (Lipinski definition) is 9. The molecular formula is C25H34N8O9. The second kappa shape index (κ2) is 16.3. The van der Waals surface area contributed by atoms with Crippen LogP contribution in [0.1, 0.15) is 24.8 Å². The lowest BCUT2D eigenvalue weighted by molar-refractivity contribution is -0.135. The molecule has 2 rings (SSSR count). The Kier molecular flexibility index (Phi) is 12.8. The van der Waals surface area contributed by atoms with E-state index < -0.39 is 91.6 Å². The number of carbonyl (C=O) groups is 8. The normalized spacial score (nSPS) is 16.1. The highest BCUT2D eigenvalue weighted by molar-refractivity contribution is 5.97. The number of nitrogens with one attached hydrogen (secondary N) is 6. The smallest absolute Gasteiger partial charge is 0.245 e. The maximum atomic E-state index is 12.9. The lowest BCUT2D eigenvalue weighted by Gasteiger charge is -2.23. The zero-order chi connectivity index (χ0) is 31.2. The number of carbonyl (C=O) groups excluding carboxylic acids is 8. The third kappa shape index (κ3) is 11.2. The van der Waals surface area contributed by atoms with E-state index >= 15 is 0 Å². The van der Waals surface area contributed by atoms with Crippen LogP contribution in [-0.2, 0) is 44.8 Å². The Bertz CT molecular complexity index is 1190. The molecule has 1 aromatic rings. The van der Waals surface area contributed by atoms with Gasteiger partial charge in [-0.05, 0) is 12.0 Å². The minimum atomic E-state index is -1.60. The molecule has 0 radical (unpaired) electrons. The van der Waals surface area contributed by atoms with Gasteiger partial charge >= 0.3 is 0 Å². The highest BCUT2D eigenvalue weighted by atomic mass is 16.3. The summed E-state index contributed by atoms with van der Waals surface area (Å²) in [7, 11) is 0. The molecule has 1 aliphatic heterocycles. The van der Waals surface area contributed by atoms with Crippen LogP contribution in [0.4, 0.5) is 0 Å². The van der Waals surface area contributed by atoms with Gasteiger partial charge in [0.1, 0.15) is 24.2 Å². The number of aliphatic hydroxyl groups is 1. The Morgan fingerprint density at radius 3 is 2.05 bits per heavy atom. The van der Waals surface area contributed by atoms with Crippen LogP contribution in [-0.4, -0.2) is 96.2 Å². The molecule has 1 aromatic carbocycles. The van der Waals surface area contributed by atoms with Crippen molar-refractivity contribution in [1.82, 2.24) is 31.9 Å². The molecule has 4 atom stereocenters. The van der Waals surface area contributed by atoms with Crippen molar-refractivity contribution >= 4 is 47.3 Å². The summed E-state index contributed by atoms with van der Waals surface area (Å²) in [6.07, 6.45) is -0.158. The van der Waals surface area contributed by atoms with E-state index in [-0.39, 0.29) is 18.7 Å². The first-order valence-corrected chi connectivity index (χ1v) is 12.9. The van der Waals surface area contributed by atoms with Gasteiger partial charge in [-0.2, -0.15) is 0 Å². The van der Waals surface area contributed by atoms with E-state index in [1.807, 2.05) is 0 Å². The average Bonchev–Trinajstić information content (AvgIpc) is 3.39. The Morgan fingerprint density at radius 2 is 1.48 bits per heavy atom. The standard InChI is InChI=1S/C25H34N8O9/c26-18(35)9-16(24(41)32-15(22(27)39)8-13-4-2-1-3-5-13)33-25(42)17(12-34)31-21(38)11-28-20(37)10-29-23(40)14-6-7-19(36)30-14/h1-5,14-17,34H,6-12H2,(H2,26,35)(H2,27,39)(H,28,37)(H,29,40)(H,30,36)(H,31,38)(H,32,41)(H,33,42)/t14-,15-,16-,17-/m0/s1. The van der Waals surface area contributed by atoms with E-state index in [1.54, 1.807) is 30.3 Å². The number of benzene rings is 1. The summed E-state index contributed by atoms with van der Waals surface area (Å²) in [5.74, 6) is -6.36. The SMILES string of the molecule is NC(=O)C[C@H](NC(=O)[C@H](CO)NC(=O)CNC(=O)CNC(=O)[C@@H]1CCC(=O)N1)C(=O)N[C@@H](Cc1ccccc1)C(N)=O. The van der Waals surface area contributed by atoms with Crippen LogP contribution in [0.5, 0.6) is 0 Å². The Hall–Kier alpha value is -5.06. The van der Waals surface area contributed by atoms with Gasteiger partial charge in [-0.1, -0.05) is 30.3 Å². The average molecular weight is 591 g/mol. The monoisotopic (exact) mass is 590 g/mol. The van der Waals surface area contributed by atoms with Gasteiger partial charge in [-0.15, -0.1) is 0 Å². The zero-order valence-electron chi connectivity index (χ0n) is 22.5. The molecule has 8 amide bonds. The fourth-order valence-corrected chi connectivity index (χ4v) is 3.81. The minimum Gasteiger partial charge on any atom is -0.394 e. The van der Waals surface area contributed by atoms with E-state index in [9.17, 15) is 43.5 Å². The molecule has 42 heavy (non-hydrogen) atoms. The van der Waals surface area contributed by atoms with Gasteiger partial charge < -0.3 is 48.5 Å². The molecule has 0 aromatic heterocycles. The summed E-state index contributed by atoms with van der Waals surface area (Å²) >= 11 is 0. The van der Waals surface area contributed by atoms with E-state index in [0.717, 1.165) is 0 Å². The Morgan fingerprint density at radius 1 is 0.857 bits per heavy atom. The van der Waals surface area contributed by atoms with Crippen molar-refractivity contribution in [2.75, 3.05) is 19.7 Å². The summed E-state index contributed by atoms with van der Waals surface area (Å²) in [4.78, 5) is 96.3. The fraction of sp³-hybridized carbons (Fsp3) is 0.440. The number of amides is 8. The fourth-order valence-electron chi connectivity index (χ4n) is 3.81. The highest BCUT2D eigenvalue weighted by Gasteiger charge is 2.30. The molecule has 1 saturated heterocycles. The first-order chi connectivity index (χ1) is 19.9. The van der Waals surface area contributed by atoms with Crippen molar-refractivity contribution in [3.8, 4) is 0 Å². The predicted octanol–water partition coefficient (Wildman–Crippen LogP) is -5.45. The molecule has 1 aliphatic rings. The maximum Gasteiger partial charge on any atom is 0.245 e. The van der Waals surface area contributed by atoms with Crippen LogP contribution < -0.4 is 43.4 Å². The van der Waals surface area contributed by atoms with Crippen LogP contribution in [0.15, 0.2) is 30.3 Å². The maximum absolute atomic E-state index is 12.9. The largest absolute Gasteiger partial charge is 0.394 e. The topological polar surface area (TPSA) is 281 Å². The number of rotatable bonds is 16. The summed E-state index contributed by atoms with van der Waals surface area (Å²) in [6.45, 7) is -2.04. The van der Waals surface area contributed by atoms with E-state index in [2.05, 4.69) is 31.9 Å². The molecule has 11 N–H and O–H groups in total. The highest BCUT2D eigenvalue weighted by Crippen LogP contribution is 2.06. The van der Waals surface area contributed by atoms with Crippen molar-refractivity contribution in [2.24, 2.45) is 11.5 Å². The molecule has 0 unspecified atom stereocenters. The predicted molar refractivity (Wildman–Crippen MR) is 143 cm³/mol. The second-order valence-corrected chi connectivity index (χ2v) is 9.34. The lowest BCUT2D eigenvalue weighted by atomic mass is 10.0. The van der Waals surface area contributed by atoms with E-state index in [4.69, 9.17) is 11.5 Å². The van der Waals surface area contributed by atoms with Crippen LogP contribution in [0.2, 0.25) is 0 Å². The molecule has 17 nitrogen and oxygen atoms in total. The van der Waals surface area contributed by atoms with Crippen LogP contribution in [0.25, 0.3) is 0 Å². The molecule has 0 saturated carbocycles. The first-order valence-electron chi connectivity index (χ1n) is 12.9. The molecular weight excluding hydrogens is 556 g/mol. The van der Waals surface area contributed by atoms with Crippen LogP contribution >= 0.6 is 0 Å². The quantitative estimate of drug-likeness (QED) is 0.0886. The van der Waals surface area contributed by atoms with Gasteiger partial charge in [-0.25, -0.2) is 0 Å². The molecule has 0 bridgehead atoms. The summed E-state index contributed by atoms with van der Waals surface area (Å²) < 4.78 is 0. The van der Waals surface area contributed by atoms with Crippen molar-refractivity contribution in [3.05, 3.63) is 35.9 Å². The van der Waals surface area contributed by atoms with Gasteiger partial charge in [0.2, 0.25) is 47.3 Å².